The third-order valence-corrected chi connectivity index (χ3v) is 9.63. The summed E-state index contributed by atoms with van der Waals surface area (Å²) in [6, 6.07) is 10.4. The van der Waals surface area contributed by atoms with E-state index in [4.69, 9.17) is 0 Å². The van der Waals surface area contributed by atoms with Crippen LogP contribution in [0.1, 0.15) is 29.5 Å². The van der Waals surface area contributed by atoms with Crippen LogP contribution in [0.3, 0.4) is 0 Å². The van der Waals surface area contributed by atoms with Crippen molar-refractivity contribution in [3.8, 4) is 5.75 Å². The van der Waals surface area contributed by atoms with Crippen molar-refractivity contribution in [2.75, 3.05) is 32.5 Å². The molecule has 2 aromatic rings. The Balaban J connectivity index is 1.45. The molecule has 1 fully saturated rings. The van der Waals surface area contributed by atoms with Gasteiger partial charge >= 0.3 is 6.36 Å². The van der Waals surface area contributed by atoms with Crippen molar-refractivity contribution in [3.05, 3.63) is 64.6 Å². The van der Waals surface area contributed by atoms with Crippen LogP contribution in [0.4, 0.5) is 18.9 Å². The van der Waals surface area contributed by atoms with Gasteiger partial charge in [-0.05, 0) is 55.2 Å². The summed E-state index contributed by atoms with van der Waals surface area (Å²) in [5.74, 6) is -0.790. The maximum Gasteiger partial charge on any atom is 0.573 e. The number of nitrogens with zero attached hydrogens (tertiary/aromatic N) is 2. The fourth-order valence-electron chi connectivity index (χ4n) is 4.78. The molecular weight excluding hydrogens is 585 g/mol. The molecule has 15 heteroatoms. The molecule has 0 aromatic heterocycles. The van der Waals surface area contributed by atoms with Crippen LogP contribution in [0.5, 0.6) is 5.75 Å². The number of ether oxygens (including phenoxy) is 1. The van der Waals surface area contributed by atoms with E-state index in [9.17, 15) is 35.7 Å². The van der Waals surface area contributed by atoms with Crippen LogP contribution in [0.25, 0.3) is 6.08 Å². The number of carbonyl (C=O) groups is 1. The van der Waals surface area contributed by atoms with E-state index in [1.807, 2.05) is 0 Å². The molecular formula is C26H30F3N4O6S2+. The summed E-state index contributed by atoms with van der Waals surface area (Å²) < 4.78 is 81.7. The summed E-state index contributed by atoms with van der Waals surface area (Å²) in [7, 11) is -5.10. The molecule has 2 aliphatic heterocycles. The monoisotopic (exact) mass is 615 g/mol. The lowest BCUT2D eigenvalue weighted by atomic mass is 9.89. The molecule has 222 valence electrons. The van der Waals surface area contributed by atoms with E-state index in [1.165, 1.54) is 28.8 Å². The van der Waals surface area contributed by atoms with Crippen molar-refractivity contribution in [3.63, 3.8) is 0 Å². The number of benzene rings is 2. The normalized spacial score (nSPS) is 19.3. The number of carbonyl (C=O) groups excluding carboxylic acids is 1. The van der Waals surface area contributed by atoms with E-state index in [1.54, 1.807) is 25.1 Å². The zero-order valence-electron chi connectivity index (χ0n) is 22.3. The molecule has 10 nitrogen and oxygen atoms in total. The van der Waals surface area contributed by atoms with Gasteiger partial charge in [0.25, 0.3) is 5.91 Å². The van der Waals surface area contributed by atoms with Gasteiger partial charge in [0.2, 0.25) is 21.0 Å². The lowest BCUT2D eigenvalue weighted by Gasteiger charge is -2.34. The number of rotatable bonds is 9. The summed E-state index contributed by atoms with van der Waals surface area (Å²) in [6.45, 7) is 1.98. The quantitative estimate of drug-likeness (QED) is 0.391. The smallest absolute Gasteiger partial charge is 0.406 e. The number of amides is 1. The topological polar surface area (TPSA) is 130 Å². The van der Waals surface area contributed by atoms with Gasteiger partial charge in [-0.2, -0.15) is 8.51 Å². The van der Waals surface area contributed by atoms with Crippen LogP contribution in [0, 0.1) is 6.92 Å². The molecule has 0 bridgehead atoms. The molecule has 2 atom stereocenters. The SMILES string of the molecule is Cc1cc([NH+](CCO)S(C)=O)ccc1/C=C/S(=O)(=O)N1CCC2(CC1)N=C(c1cccc(OC(F)(F)F)c1)NC2=O. The number of alkyl halides is 3. The van der Waals surface area contributed by atoms with E-state index in [0.29, 0.717) is 15.6 Å². The molecule has 1 spiro atoms. The highest BCUT2D eigenvalue weighted by atomic mass is 32.2. The molecule has 2 unspecified atom stereocenters. The van der Waals surface area contributed by atoms with Crippen molar-refractivity contribution in [2.45, 2.75) is 31.7 Å². The number of aryl methyl sites for hydroxylation is 1. The summed E-state index contributed by atoms with van der Waals surface area (Å²) in [5, 5.41) is 13.0. The van der Waals surface area contributed by atoms with Gasteiger partial charge in [0.05, 0.1) is 12.9 Å². The van der Waals surface area contributed by atoms with Gasteiger partial charge in [-0.25, -0.2) is 12.7 Å². The number of aliphatic hydroxyl groups excluding tert-OH is 1. The molecule has 1 saturated heterocycles. The third kappa shape index (κ3) is 7.22. The number of nitrogens with one attached hydrogen (secondary N) is 2. The van der Waals surface area contributed by atoms with E-state index in [-0.39, 0.29) is 50.5 Å². The summed E-state index contributed by atoms with van der Waals surface area (Å²) in [5.41, 5.74) is 1.15. The number of quaternary nitrogens is 1. The van der Waals surface area contributed by atoms with Gasteiger partial charge in [-0.3, -0.25) is 9.79 Å². The van der Waals surface area contributed by atoms with Crippen molar-refractivity contribution >= 4 is 44.5 Å². The molecule has 0 radical (unpaired) electrons. The van der Waals surface area contributed by atoms with Gasteiger partial charge in [0.15, 0.2) is 0 Å². The Morgan fingerprint density at radius 1 is 1.22 bits per heavy atom. The van der Waals surface area contributed by atoms with E-state index < -0.39 is 44.6 Å². The highest BCUT2D eigenvalue weighted by Crippen LogP contribution is 2.33. The molecule has 4 rings (SSSR count). The van der Waals surface area contributed by atoms with Crippen LogP contribution in [-0.2, 0) is 25.8 Å². The number of halogens is 3. The second-order valence-corrected chi connectivity index (χ2v) is 12.9. The predicted molar refractivity (Wildman–Crippen MR) is 147 cm³/mol. The molecule has 3 N–H and O–H groups in total. The Bertz CT molecular complexity index is 1500. The van der Waals surface area contributed by atoms with Crippen LogP contribution in [0.15, 0.2) is 52.9 Å². The Morgan fingerprint density at radius 3 is 2.54 bits per heavy atom. The lowest BCUT2D eigenvalue weighted by Crippen LogP contribution is -3.07. The Morgan fingerprint density at radius 2 is 1.93 bits per heavy atom. The minimum absolute atomic E-state index is 0.0216. The number of amidine groups is 1. The van der Waals surface area contributed by atoms with Gasteiger partial charge in [0.1, 0.15) is 29.4 Å². The zero-order chi connectivity index (χ0) is 30.0. The highest BCUT2D eigenvalue weighted by molar-refractivity contribution is 7.92. The fourth-order valence-corrected chi connectivity index (χ4v) is 6.80. The average Bonchev–Trinajstić information content (AvgIpc) is 3.21. The Labute approximate surface area is 238 Å². The maximum absolute atomic E-state index is 13.1. The van der Waals surface area contributed by atoms with Gasteiger partial charge in [-0.15, -0.1) is 13.2 Å². The Hall–Kier alpha value is -3.11. The third-order valence-electron chi connectivity index (χ3n) is 6.93. The maximum atomic E-state index is 13.1. The number of hydrogen-bond donors (Lipinski definition) is 3. The average molecular weight is 616 g/mol. The van der Waals surface area contributed by atoms with Crippen LogP contribution in [0.2, 0.25) is 0 Å². The van der Waals surface area contributed by atoms with Crippen LogP contribution in [-0.4, -0.2) is 78.2 Å². The van der Waals surface area contributed by atoms with Crippen molar-refractivity contribution in [1.29, 1.82) is 0 Å². The van der Waals surface area contributed by atoms with Gasteiger partial charge in [-0.1, -0.05) is 12.1 Å². The standard InChI is InChI=1S/C26H29F3N4O6S2/c1-18-16-21(33(13-14-34)40(2)36)7-6-19(18)8-15-41(37,38)32-11-9-25(10-12-32)24(35)30-23(31-25)20-4-3-5-22(17-20)39-26(27,28)29/h3-8,15-17,34H,9-14H2,1-2H3,(H,30,31,35)/p+1/b15-8+. The minimum Gasteiger partial charge on any atom is -0.406 e. The first kappa shape index (κ1) is 30.8. The first-order chi connectivity index (χ1) is 19.2. The number of piperidine rings is 1. The molecule has 0 saturated carbocycles. The number of aliphatic imine (C=N–C) groups is 1. The predicted octanol–water partition coefficient (Wildman–Crippen LogP) is 1.41. The molecule has 0 aliphatic carbocycles. The minimum atomic E-state index is -4.87. The van der Waals surface area contributed by atoms with E-state index in [2.05, 4.69) is 15.0 Å². The first-order valence-corrected chi connectivity index (χ1v) is 15.7. The Kier molecular flexibility index (Phi) is 9.04. The zero-order valence-corrected chi connectivity index (χ0v) is 23.9. The van der Waals surface area contributed by atoms with E-state index >= 15 is 0 Å². The molecule has 41 heavy (non-hydrogen) atoms. The molecule has 2 aliphatic rings. The summed E-state index contributed by atoms with van der Waals surface area (Å²) in [4.78, 5) is 17.3. The van der Waals surface area contributed by atoms with Crippen LogP contribution >= 0.6 is 0 Å². The van der Waals surface area contributed by atoms with Gasteiger partial charge in [0, 0.05) is 36.2 Å². The molecule has 1 amide bonds. The fraction of sp³-hybridized carbons (Fsp3) is 0.385. The number of sulfonamides is 1. The highest BCUT2D eigenvalue weighted by Gasteiger charge is 2.47. The number of hydrogen-bond acceptors (Lipinski definition) is 7. The summed E-state index contributed by atoms with van der Waals surface area (Å²) in [6.07, 6.45) is -1.66. The largest absolute Gasteiger partial charge is 0.573 e. The van der Waals surface area contributed by atoms with Gasteiger partial charge < -0.3 is 15.2 Å². The second-order valence-electron chi connectivity index (χ2n) is 9.69. The lowest BCUT2D eigenvalue weighted by molar-refractivity contribution is -0.686. The first-order valence-electron chi connectivity index (χ1n) is 12.6. The number of aliphatic hydroxyl groups is 1. The molecule has 2 aromatic carbocycles. The van der Waals surface area contributed by atoms with Crippen LogP contribution < -0.4 is 14.4 Å². The van der Waals surface area contributed by atoms with Crippen molar-refractivity contribution in [2.24, 2.45) is 4.99 Å². The van der Waals surface area contributed by atoms with E-state index in [0.717, 1.165) is 23.1 Å². The van der Waals surface area contributed by atoms with Crippen molar-refractivity contribution in [1.82, 2.24) is 9.62 Å². The summed E-state index contributed by atoms with van der Waals surface area (Å²) >= 11 is 0. The second kappa shape index (κ2) is 12.0. The van der Waals surface area contributed by atoms with Crippen molar-refractivity contribution < 1.29 is 44.7 Å². The molecule has 2 heterocycles.